The summed E-state index contributed by atoms with van der Waals surface area (Å²) >= 11 is 0. The Morgan fingerprint density at radius 3 is 2.71 bits per heavy atom. The van der Waals surface area contributed by atoms with Crippen LogP contribution in [0.3, 0.4) is 0 Å². The predicted octanol–water partition coefficient (Wildman–Crippen LogP) is 3.91. The molecule has 71 valence electrons. The summed E-state index contributed by atoms with van der Waals surface area (Å²) in [4.78, 5) is 0. The summed E-state index contributed by atoms with van der Waals surface area (Å²) in [6, 6.07) is 13.1. The second kappa shape index (κ2) is 3.83. The molecular weight excluding hydrogens is 168 g/mol. The van der Waals surface area contributed by atoms with Crippen molar-refractivity contribution < 1.29 is 0 Å². The molecule has 0 amide bonds. The average molecular weight is 183 g/mol. The average Bonchev–Trinajstić information content (AvgIpc) is 2.18. The number of hydrogen-bond acceptors (Lipinski definition) is 0. The minimum atomic E-state index is 0.966. The van der Waals surface area contributed by atoms with Gasteiger partial charge in [-0.05, 0) is 36.1 Å². The molecule has 0 saturated heterocycles. The summed E-state index contributed by atoms with van der Waals surface area (Å²) in [5, 5.41) is 2.72. The fourth-order valence-electron chi connectivity index (χ4n) is 1.95. The Labute approximate surface area is 85.6 Å². The topological polar surface area (TPSA) is 0 Å². The maximum absolute atomic E-state index is 3.92. The normalized spacial score (nSPS) is 10.7. The van der Waals surface area contributed by atoms with Crippen molar-refractivity contribution in [1.29, 1.82) is 0 Å². The molecule has 0 aliphatic heterocycles. The van der Waals surface area contributed by atoms with Gasteiger partial charge in [0.1, 0.15) is 0 Å². The largest absolute Gasteiger partial charge is 0.0616 e. The van der Waals surface area contributed by atoms with Gasteiger partial charge >= 0.3 is 0 Å². The summed E-state index contributed by atoms with van der Waals surface area (Å²) in [6.45, 7) is 6.07. The Kier molecular flexibility index (Phi) is 2.53. The Hall–Kier alpha value is -1.30. The molecule has 0 aliphatic rings. The van der Waals surface area contributed by atoms with Crippen LogP contribution in [0.25, 0.3) is 10.8 Å². The maximum Gasteiger partial charge on any atom is -0.0152 e. The van der Waals surface area contributed by atoms with E-state index in [-0.39, 0.29) is 0 Å². The van der Waals surface area contributed by atoms with E-state index in [0.717, 1.165) is 12.8 Å². The molecule has 2 rings (SSSR count). The third-order valence-electron chi connectivity index (χ3n) is 2.54. The minimum absolute atomic E-state index is 0.966. The van der Waals surface area contributed by atoms with E-state index in [1.165, 1.54) is 21.9 Å². The second-order valence-corrected chi connectivity index (χ2v) is 3.75. The smallest absolute Gasteiger partial charge is 0.0152 e. The van der Waals surface area contributed by atoms with Crippen LogP contribution in [-0.2, 0) is 6.42 Å². The van der Waals surface area contributed by atoms with Gasteiger partial charge in [-0.15, -0.1) is 0 Å². The van der Waals surface area contributed by atoms with E-state index in [0.29, 0.717) is 0 Å². The van der Waals surface area contributed by atoms with Crippen LogP contribution in [0.2, 0.25) is 0 Å². The lowest BCUT2D eigenvalue weighted by atomic mass is 9.99. The molecule has 0 heteroatoms. The van der Waals surface area contributed by atoms with Crippen LogP contribution in [-0.4, -0.2) is 0 Å². The Balaban J connectivity index is 2.67. The first-order chi connectivity index (χ1) is 6.81. The first-order valence-electron chi connectivity index (χ1n) is 5.09. The first-order valence-corrected chi connectivity index (χ1v) is 5.09. The van der Waals surface area contributed by atoms with Gasteiger partial charge in [0.05, 0.1) is 0 Å². The van der Waals surface area contributed by atoms with E-state index in [9.17, 15) is 0 Å². The van der Waals surface area contributed by atoms with Crippen molar-refractivity contribution in [3.05, 3.63) is 54.4 Å². The monoisotopic (exact) mass is 183 g/mol. The van der Waals surface area contributed by atoms with Gasteiger partial charge in [-0.2, -0.15) is 0 Å². The van der Waals surface area contributed by atoms with Crippen molar-refractivity contribution in [3.63, 3.8) is 0 Å². The summed E-state index contributed by atoms with van der Waals surface area (Å²) in [6.07, 6.45) is 2.04. The highest BCUT2D eigenvalue weighted by atomic mass is 14.0. The quantitative estimate of drug-likeness (QED) is 0.662. The van der Waals surface area contributed by atoms with Crippen LogP contribution in [0.15, 0.2) is 36.4 Å². The van der Waals surface area contributed by atoms with Crippen molar-refractivity contribution in [3.8, 4) is 0 Å². The van der Waals surface area contributed by atoms with Crippen LogP contribution in [0.5, 0.6) is 0 Å². The Morgan fingerprint density at radius 1 is 1.14 bits per heavy atom. The van der Waals surface area contributed by atoms with Gasteiger partial charge in [-0.1, -0.05) is 48.9 Å². The van der Waals surface area contributed by atoms with Gasteiger partial charge in [0.2, 0.25) is 0 Å². The fourth-order valence-corrected chi connectivity index (χ4v) is 1.95. The first kappa shape index (κ1) is 9.26. The van der Waals surface area contributed by atoms with Crippen molar-refractivity contribution >= 4 is 10.8 Å². The molecule has 0 unspecified atom stereocenters. The molecule has 0 heterocycles. The molecule has 0 saturated carbocycles. The van der Waals surface area contributed by atoms with E-state index in [4.69, 9.17) is 0 Å². The van der Waals surface area contributed by atoms with E-state index < -0.39 is 0 Å². The number of rotatable bonds is 2. The highest BCUT2D eigenvalue weighted by molar-refractivity contribution is 5.86. The highest BCUT2D eigenvalue weighted by Gasteiger charge is 2.00. The van der Waals surface area contributed by atoms with Gasteiger partial charge in [-0.25, -0.2) is 0 Å². The molecule has 0 N–H and O–H groups in total. The van der Waals surface area contributed by atoms with Gasteiger partial charge in [-0.3, -0.25) is 0 Å². The molecular formula is C14H15. The fraction of sp³-hybridized carbons (Fsp3) is 0.214. The lowest BCUT2D eigenvalue weighted by Gasteiger charge is -2.06. The predicted molar refractivity (Wildman–Crippen MR) is 62.4 cm³/mol. The van der Waals surface area contributed by atoms with Crippen molar-refractivity contribution in [1.82, 2.24) is 0 Å². The molecule has 0 fully saturated rings. The summed E-state index contributed by atoms with van der Waals surface area (Å²) < 4.78 is 0. The summed E-state index contributed by atoms with van der Waals surface area (Å²) in [5.74, 6) is 0. The number of aryl methyl sites for hydroxylation is 2. The highest BCUT2D eigenvalue weighted by Crippen LogP contribution is 2.21. The van der Waals surface area contributed by atoms with Crippen LogP contribution >= 0.6 is 0 Å². The van der Waals surface area contributed by atoms with Gasteiger partial charge in [0.15, 0.2) is 0 Å². The lowest BCUT2D eigenvalue weighted by Crippen LogP contribution is -1.87. The zero-order chi connectivity index (χ0) is 9.97. The van der Waals surface area contributed by atoms with Crippen LogP contribution in [0.4, 0.5) is 0 Å². The molecule has 0 aromatic heterocycles. The Bertz CT molecular complexity index is 441. The molecule has 0 spiro atoms. The molecule has 0 aliphatic carbocycles. The van der Waals surface area contributed by atoms with E-state index >= 15 is 0 Å². The zero-order valence-electron chi connectivity index (χ0n) is 8.59. The van der Waals surface area contributed by atoms with Crippen LogP contribution in [0, 0.1) is 13.8 Å². The van der Waals surface area contributed by atoms with Crippen molar-refractivity contribution in [2.75, 3.05) is 0 Å². The molecule has 0 bridgehead atoms. The standard InChI is InChI=1S/C14H15/c1-3-6-12-9-11(2)10-13-7-4-5-8-14(12)13/h4-5,7-10H,1,3,6H2,2H3. The van der Waals surface area contributed by atoms with Crippen molar-refractivity contribution in [2.24, 2.45) is 0 Å². The van der Waals surface area contributed by atoms with E-state index in [1.807, 2.05) is 0 Å². The molecule has 1 radical (unpaired) electrons. The third kappa shape index (κ3) is 1.65. The van der Waals surface area contributed by atoms with Gasteiger partial charge in [0, 0.05) is 0 Å². The van der Waals surface area contributed by atoms with Crippen LogP contribution in [0.1, 0.15) is 17.5 Å². The van der Waals surface area contributed by atoms with Crippen molar-refractivity contribution in [2.45, 2.75) is 19.8 Å². The lowest BCUT2D eigenvalue weighted by molar-refractivity contribution is 1.01. The minimum Gasteiger partial charge on any atom is -0.0616 e. The zero-order valence-corrected chi connectivity index (χ0v) is 8.59. The van der Waals surface area contributed by atoms with Crippen LogP contribution < -0.4 is 0 Å². The third-order valence-corrected chi connectivity index (χ3v) is 2.54. The number of benzene rings is 2. The molecule has 0 nitrogen and oxygen atoms in total. The van der Waals surface area contributed by atoms with E-state index in [2.05, 4.69) is 50.2 Å². The summed E-state index contributed by atoms with van der Waals surface area (Å²) in [5.41, 5.74) is 2.77. The molecule has 14 heavy (non-hydrogen) atoms. The SMILES string of the molecule is [CH2]CCc1cc(C)cc2ccccc12. The number of fused-ring (bicyclic) bond motifs is 1. The van der Waals surface area contributed by atoms with Gasteiger partial charge < -0.3 is 0 Å². The Morgan fingerprint density at radius 2 is 1.93 bits per heavy atom. The van der Waals surface area contributed by atoms with E-state index in [1.54, 1.807) is 0 Å². The summed E-state index contributed by atoms with van der Waals surface area (Å²) in [7, 11) is 0. The van der Waals surface area contributed by atoms with Gasteiger partial charge in [0.25, 0.3) is 0 Å². The second-order valence-electron chi connectivity index (χ2n) is 3.75. The molecule has 0 atom stereocenters. The molecule has 2 aromatic rings. The number of hydrogen-bond donors (Lipinski definition) is 0. The molecule has 2 aromatic carbocycles. The maximum atomic E-state index is 3.92.